The zero-order valence-electron chi connectivity index (χ0n) is 33.5. The summed E-state index contributed by atoms with van der Waals surface area (Å²) >= 11 is 0. The molecule has 0 aliphatic rings. The first kappa shape index (κ1) is 44.9. The Balaban J connectivity index is 1.87. The van der Waals surface area contributed by atoms with Crippen molar-refractivity contribution in [2.45, 2.75) is 110 Å². The molecular weight excluding hydrogens is 709 g/mol. The molecule has 56 heavy (non-hydrogen) atoms. The molecule has 0 heterocycles. The Morgan fingerprint density at radius 3 is 1.27 bits per heavy atom. The number of nitrogens with one attached hydrogen (secondary N) is 5. The Morgan fingerprint density at radius 2 is 0.875 bits per heavy atom. The highest BCUT2D eigenvalue weighted by Crippen LogP contribution is 2.13. The van der Waals surface area contributed by atoms with E-state index in [1.165, 1.54) is 0 Å². The minimum atomic E-state index is -1.16. The van der Waals surface area contributed by atoms with Crippen molar-refractivity contribution in [2.75, 3.05) is 0 Å². The van der Waals surface area contributed by atoms with Crippen molar-refractivity contribution in [3.63, 3.8) is 0 Å². The van der Waals surface area contributed by atoms with E-state index in [0.717, 1.165) is 16.7 Å². The van der Waals surface area contributed by atoms with Gasteiger partial charge in [-0.05, 0) is 47.3 Å². The maximum absolute atomic E-state index is 14.2. The summed E-state index contributed by atoms with van der Waals surface area (Å²) in [7, 11) is 0. The molecule has 3 aromatic carbocycles. The molecule has 0 aliphatic carbocycles. The SMILES string of the molecule is CC(C)CCC(=O)N[C@H](CC(C)C)C(=O)N[C@@H](C(=O)N[C@H](Cc1ccccc1)C(=O)N[C@H](Cc1ccccc1)C(=O)N[C@H](Cc1ccccc1)C(N)=O)C(C)C. The third kappa shape index (κ3) is 15.7. The van der Waals surface area contributed by atoms with Crippen molar-refractivity contribution in [3.05, 3.63) is 108 Å². The van der Waals surface area contributed by atoms with Gasteiger partial charge in [-0.1, -0.05) is 133 Å². The number of primary amides is 1. The molecule has 12 heteroatoms. The summed E-state index contributed by atoms with van der Waals surface area (Å²) in [5, 5.41) is 14.1. The van der Waals surface area contributed by atoms with Gasteiger partial charge in [-0.25, -0.2) is 0 Å². The number of nitrogens with two attached hydrogens (primary N) is 1. The van der Waals surface area contributed by atoms with Crippen LogP contribution in [0, 0.1) is 17.8 Å². The van der Waals surface area contributed by atoms with Crippen LogP contribution in [0.25, 0.3) is 0 Å². The first-order valence-corrected chi connectivity index (χ1v) is 19.5. The van der Waals surface area contributed by atoms with E-state index in [2.05, 4.69) is 26.6 Å². The average Bonchev–Trinajstić information content (AvgIpc) is 3.15. The number of carbonyl (C=O) groups excluding carboxylic acids is 6. The van der Waals surface area contributed by atoms with E-state index in [1.807, 2.05) is 119 Å². The summed E-state index contributed by atoms with van der Waals surface area (Å²) in [4.78, 5) is 81.1. The summed E-state index contributed by atoms with van der Waals surface area (Å²) in [5.74, 6) is -3.29. The van der Waals surface area contributed by atoms with Crippen LogP contribution in [0.4, 0.5) is 0 Å². The molecule has 0 unspecified atom stereocenters. The summed E-state index contributed by atoms with van der Waals surface area (Å²) in [5.41, 5.74) is 8.01. The summed E-state index contributed by atoms with van der Waals surface area (Å²) in [6.45, 7) is 11.5. The van der Waals surface area contributed by atoms with Crippen LogP contribution in [-0.4, -0.2) is 65.7 Å². The molecular formula is C44H60N6O6. The van der Waals surface area contributed by atoms with Gasteiger partial charge in [0.15, 0.2) is 0 Å². The Hall–Kier alpha value is -5.52. The molecule has 302 valence electrons. The van der Waals surface area contributed by atoms with Gasteiger partial charge >= 0.3 is 0 Å². The van der Waals surface area contributed by atoms with Gasteiger partial charge in [0.2, 0.25) is 35.4 Å². The molecule has 5 atom stereocenters. The van der Waals surface area contributed by atoms with E-state index in [9.17, 15) is 28.8 Å². The predicted octanol–water partition coefficient (Wildman–Crippen LogP) is 3.76. The number of amides is 6. The van der Waals surface area contributed by atoms with E-state index in [0.29, 0.717) is 18.8 Å². The molecule has 0 radical (unpaired) electrons. The second kappa shape index (κ2) is 22.8. The molecule has 0 saturated heterocycles. The van der Waals surface area contributed by atoms with E-state index < -0.39 is 59.7 Å². The van der Waals surface area contributed by atoms with Crippen molar-refractivity contribution in [1.29, 1.82) is 0 Å². The lowest BCUT2D eigenvalue weighted by molar-refractivity contribution is -0.135. The van der Waals surface area contributed by atoms with Gasteiger partial charge in [0.25, 0.3) is 0 Å². The highest BCUT2D eigenvalue weighted by Gasteiger charge is 2.34. The first-order valence-electron chi connectivity index (χ1n) is 19.5. The molecule has 12 nitrogen and oxygen atoms in total. The zero-order chi connectivity index (χ0) is 41.2. The number of benzene rings is 3. The Morgan fingerprint density at radius 1 is 0.482 bits per heavy atom. The molecule has 0 spiro atoms. The smallest absolute Gasteiger partial charge is 0.243 e. The monoisotopic (exact) mass is 768 g/mol. The fourth-order valence-corrected chi connectivity index (χ4v) is 6.17. The Kier molecular flexibility index (Phi) is 18.2. The van der Waals surface area contributed by atoms with Crippen LogP contribution in [0.3, 0.4) is 0 Å². The molecule has 0 aliphatic heterocycles. The number of carbonyl (C=O) groups is 6. The first-order chi connectivity index (χ1) is 26.6. The van der Waals surface area contributed by atoms with Crippen LogP contribution in [0.1, 0.15) is 77.5 Å². The third-order valence-corrected chi connectivity index (χ3v) is 9.33. The van der Waals surface area contributed by atoms with Crippen molar-refractivity contribution >= 4 is 35.4 Å². The molecule has 0 aromatic heterocycles. The summed E-state index contributed by atoms with van der Waals surface area (Å²) < 4.78 is 0. The Labute approximate surface area is 331 Å². The molecule has 3 rings (SSSR count). The summed E-state index contributed by atoms with van der Waals surface area (Å²) in [6.07, 6.45) is 1.66. The lowest BCUT2D eigenvalue weighted by Crippen LogP contribution is -2.60. The third-order valence-electron chi connectivity index (χ3n) is 9.33. The number of hydrogen-bond donors (Lipinski definition) is 6. The van der Waals surface area contributed by atoms with Gasteiger partial charge in [-0.2, -0.15) is 0 Å². The second-order valence-corrected chi connectivity index (χ2v) is 15.6. The second-order valence-electron chi connectivity index (χ2n) is 15.6. The minimum Gasteiger partial charge on any atom is -0.368 e. The van der Waals surface area contributed by atoms with Crippen molar-refractivity contribution in [2.24, 2.45) is 23.5 Å². The maximum atomic E-state index is 14.2. The van der Waals surface area contributed by atoms with Crippen molar-refractivity contribution < 1.29 is 28.8 Å². The van der Waals surface area contributed by atoms with Gasteiger partial charge in [-0.15, -0.1) is 0 Å². The lowest BCUT2D eigenvalue weighted by Gasteiger charge is -2.29. The zero-order valence-corrected chi connectivity index (χ0v) is 33.5. The van der Waals surface area contributed by atoms with Crippen LogP contribution >= 0.6 is 0 Å². The molecule has 0 fully saturated rings. The summed E-state index contributed by atoms with van der Waals surface area (Å²) in [6, 6.07) is 22.1. The van der Waals surface area contributed by atoms with E-state index in [-0.39, 0.29) is 43.4 Å². The van der Waals surface area contributed by atoms with Gasteiger partial charge in [0, 0.05) is 25.7 Å². The van der Waals surface area contributed by atoms with Gasteiger partial charge in [0.05, 0.1) is 0 Å². The van der Waals surface area contributed by atoms with Crippen LogP contribution < -0.4 is 32.3 Å². The highest BCUT2D eigenvalue weighted by atomic mass is 16.2. The molecule has 0 saturated carbocycles. The highest BCUT2D eigenvalue weighted by molar-refractivity contribution is 5.96. The van der Waals surface area contributed by atoms with Gasteiger partial charge in [0.1, 0.15) is 30.2 Å². The lowest BCUT2D eigenvalue weighted by atomic mass is 9.98. The minimum absolute atomic E-state index is 0.0800. The van der Waals surface area contributed by atoms with Crippen molar-refractivity contribution in [3.8, 4) is 0 Å². The quantitative estimate of drug-likeness (QED) is 0.0903. The fraction of sp³-hybridized carbons (Fsp3) is 0.455. The number of rotatable bonds is 22. The standard InChI is InChI=1S/C44H60N6O6/c1-28(2)22-23-38(51)46-35(24-29(3)4)43(55)50-39(30(5)6)44(56)49-37(27-33-20-14-9-15-21-33)42(54)48-36(26-32-18-12-8-13-19-32)41(53)47-34(40(45)52)25-31-16-10-7-11-17-31/h7-21,28-30,34-37,39H,22-27H2,1-6H3,(H2,45,52)(H,46,51)(H,47,53)(H,48,54)(H,49,56)(H,50,55)/t34-,35-,36-,37-,39-/m1/s1. The topological polar surface area (TPSA) is 189 Å². The fourth-order valence-electron chi connectivity index (χ4n) is 6.17. The van der Waals surface area contributed by atoms with Crippen LogP contribution in [-0.2, 0) is 48.0 Å². The molecule has 7 N–H and O–H groups in total. The molecule has 0 bridgehead atoms. The maximum Gasteiger partial charge on any atom is 0.243 e. The number of hydrogen-bond acceptors (Lipinski definition) is 6. The van der Waals surface area contributed by atoms with Gasteiger partial charge in [-0.3, -0.25) is 28.8 Å². The normalized spacial score (nSPS) is 13.9. The van der Waals surface area contributed by atoms with E-state index >= 15 is 0 Å². The average molecular weight is 769 g/mol. The van der Waals surface area contributed by atoms with Crippen LogP contribution in [0.2, 0.25) is 0 Å². The van der Waals surface area contributed by atoms with Gasteiger partial charge < -0.3 is 32.3 Å². The van der Waals surface area contributed by atoms with E-state index in [1.54, 1.807) is 13.8 Å². The molecule has 3 aromatic rings. The van der Waals surface area contributed by atoms with Crippen LogP contribution in [0.5, 0.6) is 0 Å². The Bertz CT molecular complexity index is 1720. The predicted molar refractivity (Wildman–Crippen MR) is 218 cm³/mol. The van der Waals surface area contributed by atoms with Crippen LogP contribution in [0.15, 0.2) is 91.0 Å². The van der Waals surface area contributed by atoms with Crippen molar-refractivity contribution in [1.82, 2.24) is 26.6 Å². The largest absolute Gasteiger partial charge is 0.368 e. The molecule has 6 amide bonds. The van der Waals surface area contributed by atoms with E-state index in [4.69, 9.17) is 5.73 Å².